The third-order valence-corrected chi connectivity index (χ3v) is 6.45. The minimum absolute atomic E-state index is 0.0743. The molecule has 1 aliphatic rings. The predicted molar refractivity (Wildman–Crippen MR) is 165 cm³/mol. The number of carbonyl (C=O) groups is 4. The summed E-state index contributed by atoms with van der Waals surface area (Å²) < 4.78 is 0. The molecule has 0 amide bonds. The lowest BCUT2D eigenvalue weighted by atomic mass is 9.99. The molecule has 0 unspecified atom stereocenters. The van der Waals surface area contributed by atoms with Crippen LogP contribution in [0, 0.1) is 0 Å². The number of hydrogen-bond donors (Lipinski definition) is 1. The Balaban J connectivity index is 0.000000171. The van der Waals surface area contributed by atoms with Crippen molar-refractivity contribution in [2.45, 2.75) is 0 Å². The molecule has 0 aliphatic heterocycles. The molecule has 1 N–H and O–H groups in total. The van der Waals surface area contributed by atoms with E-state index in [1.807, 2.05) is 42.5 Å². The average molecular weight is 565 g/mol. The first-order chi connectivity index (χ1) is 20.9. The highest BCUT2D eigenvalue weighted by Crippen LogP contribution is 2.22. The van der Waals surface area contributed by atoms with Crippen LogP contribution in [0.5, 0.6) is 5.75 Å². The fraction of sp³-hybridized carbons (Fsp3) is 0. The Hall–Kier alpha value is -6.08. The lowest BCUT2D eigenvalue weighted by molar-refractivity contribution is 0.0990. The number of aromatic nitrogens is 2. The third kappa shape index (κ3) is 6.99. The molecular weight excluding hydrogens is 540 g/mol. The predicted octanol–water partition coefficient (Wildman–Crippen LogP) is 6.75. The number of allylic oxidation sites excluding steroid dienone is 4. The summed E-state index contributed by atoms with van der Waals surface area (Å²) in [6.07, 6.45) is 8.52. The number of aromatic hydroxyl groups is 1. The van der Waals surface area contributed by atoms with E-state index in [0.717, 1.165) is 5.39 Å². The number of carbonyl (C=O) groups excluding carboxylic acids is 4. The minimum Gasteiger partial charge on any atom is -0.506 e. The highest BCUT2D eigenvalue weighted by molar-refractivity contribution is 6.21. The van der Waals surface area contributed by atoms with E-state index in [2.05, 4.69) is 9.97 Å². The van der Waals surface area contributed by atoms with E-state index >= 15 is 0 Å². The van der Waals surface area contributed by atoms with Crippen LogP contribution in [0.25, 0.3) is 23.1 Å². The van der Waals surface area contributed by atoms with E-state index in [-0.39, 0.29) is 34.6 Å². The largest absolute Gasteiger partial charge is 0.506 e. The van der Waals surface area contributed by atoms with Gasteiger partial charge in [-0.05, 0) is 60.7 Å². The van der Waals surface area contributed by atoms with Gasteiger partial charge in [0.05, 0.1) is 17.0 Å². The van der Waals surface area contributed by atoms with Gasteiger partial charge in [-0.15, -0.1) is 0 Å². The first kappa shape index (κ1) is 28.4. The lowest BCUT2D eigenvalue weighted by Crippen LogP contribution is -2.14. The summed E-state index contributed by atoms with van der Waals surface area (Å²) in [5.41, 5.74) is 3.25. The standard InChI is InChI=1S/C18H11NO3.C18H13NO2/c20-15(12-4-2-1-3-5-12)9-7-13-6-8-14-16(21)10-11-17(22)18(14)19-13;20-16(13-5-2-1-3-6-13)12-11-15-10-9-14-7-4-8-17(21)18(14)19-15/h1-11H;1-12,21H/b9-7+;12-11+. The van der Waals surface area contributed by atoms with E-state index < -0.39 is 0 Å². The van der Waals surface area contributed by atoms with Crippen molar-refractivity contribution in [3.63, 3.8) is 0 Å². The van der Waals surface area contributed by atoms with Gasteiger partial charge in [-0.25, -0.2) is 9.97 Å². The van der Waals surface area contributed by atoms with Gasteiger partial charge in [-0.3, -0.25) is 19.2 Å². The van der Waals surface area contributed by atoms with Crippen LogP contribution in [0.3, 0.4) is 0 Å². The van der Waals surface area contributed by atoms with Gasteiger partial charge in [0.15, 0.2) is 17.3 Å². The fourth-order valence-electron chi connectivity index (χ4n) is 4.23. The lowest BCUT2D eigenvalue weighted by Gasteiger charge is -2.08. The molecule has 2 aromatic heterocycles. The number of phenolic OH excluding ortho intramolecular Hbond substituents is 1. The molecule has 43 heavy (non-hydrogen) atoms. The van der Waals surface area contributed by atoms with Crippen LogP contribution in [0.1, 0.15) is 53.0 Å². The van der Waals surface area contributed by atoms with E-state index in [1.54, 1.807) is 66.7 Å². The molecule has 0 spiro atoms. The van der Waals surface area contributed by atoms with Gasteiger partial charge in [-0.1, -0.05) is 78.9 Å². The molecule has 0 fully saturated rings. The fourth-order valence-corrected chi connectivity index (χ4v) is 4.23. The number of pyridine rings is 2. The quantitative estimate of drug-likeness (QED) is 0.179. The maximum atomic E-state index is 12.0. The molecule has 1 aliphatic carbocycles. The molecular formula is C36H24N2O5. The SMILES string of the molecule is O=C(/C=C/c1ccc2c(n1)C(=O)C=CC2=O)c1ccccc1.O=C(/C=C/c1ccc2cccc(O)c2n1)c1ccccc1. The topological polar surface area (TPSA) is 114 Å². The van der Waals surface area contributed by atoms with Crippen molar-refractivity contribution in [1.82, 2.24) is 9.97 Å². The highest BCUT2D eigenvalue weighted by atomic mass is 16.3. The van der Waals surface area contributed by atoms with Crippen LogP contribution < -0.4 is 0 Å². The smallest absolute Gasteiger partial charge is 0.205 e. The van der Waals surface area contributed by atoms with E-state index in [9.17, 15) is 24.3 Å². The maximum absolute atomic E-state index is 12.0. The van der Waals surface area contributed by atoms with Crippen molar-refractivity contribution in [3.05, 3.63) is 161 Å². The number of nitrogens with zero attached hydrogens (tertiary/aromatic N) is 2. The van der Waals surface area contributed by atoms with E-state index in [0.29, 0.717) is 33.6 Å². The van der Waals surface area contributed by atoms with Crippen LogP contribution in [-0.2, 0) is 0 Å². The molecule has 0 bridgehead atoms. The van der Waals surface area contributed by atoms with Gasteiger partial charge in [-0.2, -0.15) is 0 Å². The summed E-state index contributed by atoms with van der Waals surface area (Å²) in [5.74, 6) is -0.633. The Morgan fingerprint density at radius 3 is 1.77 bits per heavy atom. The number of benzene rings is 3. The van der Waals surface area contributed by atoms with Gasteiger partial charge in [0.25, 0.3) is 0 Å². The van der Waals surface area contributed by atoms with Gasteiger partial charge < -0.3 is 5.11 Å². The summed E-state index contributed by atoms with van der Waals surface area (Å²) >= 11 is 0. The van der Waals surface area contributed by atoms with Crippen molar-refractivity contribution in [2.75, 3.05) is 0 Å². The molecule has 0 atom stereocenters. The Bertz CT molecular complexity index is 1940. The second-order valence-corrected chi connectivity index (χ2v) is 9.41. The van der Waals surface area contributed by atoms with Crippen molar-refractivity contribution in [2.24, 2.45) is 0 Å². The molecule has 3 aromatic carbocycles. The first-order valence-electron chi connectivity index (χ1n) is 13.3. The highest BCUT2D eigenvalue weighted by Gasteiger charge is 2.20. The number of phenols is 1. The Kier molecular flexibility index (Phi) is 8.64. The zero-order valence-corrected chi connectivity index (χ0v) is 22.8. The Morgan fingerprint density at radius 2 is 1.14 bits per heavy atom. The Labute approximate surface area is 247 Å². The van der Waals surface area contributed by atoms with Crippen molar-refractivity contribution in [3.8, 4) is 5.75 Å². The zero-order valence-electron chi connectivity index (χ0n) is 22.8. The third-order valence-electron chi connectivity index (χ3n) is 6.45. The van der Waals surface area contributed by atoms with E-state index in [1.165, 1.54) is 30.4 Å². The van der Waals surface area contributed by atoms with Gasteiger partial charge in [0.2, 0.25) is 5.78 Å². The van der Waals surface area contributed by atoms with Gasteiger partial charge >= 0.3 is 0 Å². The molecule has 6 rings (SSSR count). The molecule has 0 saturated carbocycles. The van der Waals surface area contributed by atoms with Crippen LogP contribution in [0.15, 0.2) is 127 Å². The molecule has 2 heterocycles. The summed E-state index contributed by atoms with van der Waals surface area (Å²) in [5, 5.41) is 10.7. The van der Waals surface area contributed by atoms with Crippen LogP contribution in [0.4, 0.5) is 0 Å². The van der Waals surface area contributed by atoms with Crippen LogP contribution >= 0.6 is 0 Å². The zero-order chi connectivity index (χ0) is 30.2. The minimum atomic E-state index is -0.306. The van der Waals surface area contributed by atoms with Crippen molar-refractivity contribution < 1.29 is 24.3 Å². The summed E-state index contributed by atoms with van der Waals surface area (Å²) in [6, 6.07) is 30.0. The number of rotatable bonds is 6. The summed E-state index contributed by atoms with van der Waals surface area (Å²) in [4.78, 5) is 55.9. The first-order valence-corrected chi connectivity index (χ1v) is 13.3. The molecule has 5 aromatic rings. The van der Waals surface area contributed by atoms with Crippen molar-refractivity contribution in [1.29, 1.82) is 0 Å². The summed E-state index contributed by atoms with van der Waals surface area (Å²) in [6.45, 7) is 0. The molecule has 7 nitrogen and oxygen atoms in total. The second-order valence-electron chi connectivity index (χ2n) is 9.41. The monoisotopic (exact) mass is 564 g/mol. The average Bonchev–Trinajstić information content (AvgIpc) is 3.05. The second kappa shape index (κ2) is 13.1. The number of fused-ring (bicyclic) bond motifs is 2. The van der Waals surface area contributed by atoms with Crippen LogP contribution in [-0.4, -0.2) is 38.2 Å². The number of para-hydroxylation sites is 1. The van der Waals surface area contributed by atoms with Crippen LogP contribution in [0.2, 0.25) is 0 Å². The number of hydrogen-bond acceptors (Lipinski definition) is 7. The Morgan fingerprint density at radius 1 is 0.581 bits per heavy atom. The molecule has 0 radical (unpaired) electrons. The normalized spacial score (nSPS) is 12.3. The molecule has 7 heteroatoms. The van der Waals surface area contributed by atoms with E-state index in [4.69, 9.17) is 0 Å². The summed E-state index contributed by atoms with van der Waals surface area (Å²) in [7, 11) is 0. The van der Waals surface area contributed by atoms with Gasteiger partial charge in [0.1, 0.15) is 17.0 Å². The molecule has 0 saturated heterocycles. The van der Waals surface area contributed by atoms with Gasteiger partial charge in [0, 0.05) is 16.5 Å². The maximum Gasteiger partial charge on any atom is 0.205 e. The molecule has 208 valence electrons. The van der Waals surface area contributed by atoms with Crippen molar-refractivity contribution >= 4 is 46.2 Å². The number of ketones is 4.